The molecule has 40 heavy (non-hydrogen) atoms. The Kier molecular flexibility index (Phi) is 5.82. The van der Waals surface area contributed by atoms with Crippen molar-refractivity contribution in [2.75, 3.05) is 10.6 Å². The van der Waals surface area contributed by atoms with E-state index >= 15 is 0 Å². The van der Waals surface area contributed by atoms with E-state index in [-0.39, 0.29) is 17.2 Å². The highest BCUT2D eigenvalue weighted by Gasteiger charge is 2.54. The predicted molar refractivity (Wildman–Crippen MR) is 154 cm³/mol. The third-order valence-electron chi connectivity index (χ3n) is 8.97. The Labute approximate surface area is 231 Å². The van der Waals surface area contributed by atoms with Crippen molar-refractivity contribution in [1.29, 1.82) is 0 Å². The second-order valence-corrected chi connectivity index (χ2v) is 11.7. The summed E-state index contributed by atoms with van der Waals surface area (Å²) in [5, 5.41) is 9.61. The van der Waals surface area contributed by atoms with Crippen molar-refractivity contribution in [1.82, 2.24) is 9.97 Å². The third-order valence-corrected chi connectivity index (χ3v) is 8.97. The summed E-state index contributed by atoms with van der Waals surface area (Å²) in [6, 6.07) is 19.8. The van der Waals surface area contributed by atoms with Crippen molar-refractivity contribution in [3.63, 3.8) is 0 Å². The fraction of sp³-hybridized carbons (Fsp3) is 0.323. The lowest BCUT2D eigenvalue weighted by Gasteiger charge is -2.55. The molecule has 4 saturated carbocycles. The molecule has 8 rings (SSSR count). The van der Waals surface area contributed by atoms with Crippen LogP contribution in [0.5, 0.6) is 0 Å². The molecule has 3 aromatic carbocycles. The number of benzene rings is 3. The Morgan fingerprint density at radius 2 is 1.50 bits per heavy atom. The molecule has 9 nitrogen and oxygen atoms in total. The Morgan fingerprint density at radius 1 is 0.875 bits per heavy atom. The monoisotopic (exact) mass is 531 g/mol. The smallest absolute Gasteiger partial charge is 0.255 e. The fourth-order valence-electron chi connectivity index (χ4n) is 7.52. The molecule has 0 atom stereocenters. The van der Waals surface area contributed by atoms with E-state index < -0.39 is 0 Å². The molecule has 0 spiro atoms. The van der Waals surface area contributed by atoms with Crippen LogP contribution in [0.1, 0.15) is 48.9 Å². The van der Waals surface area contributed by atoms with Gasteiger partial charge in [0.2, 0.25) is 5.91 Å². The highest BCUT2D eigenvalue weighted by molar-refractivity contribution is 6.06. The number of hydrogen-bond donors (Lipinski definition) is 3. The molecule has 4 bridgehead atoms. The van der Waals surface area contributed by atoms with E-state index in [2.05, 4.69) is 25.6 Å². The summed E-state index contributed by atoms with van der Waals surface area (Å²) in [6.07, 6.45) is 7.10. The average Bonchev–Trinajstić information content (AvgIpc) is 3.37. The van der Waals surface area contributed by atoms with Crippen LogP contribution in [0.25, 0.3) is 32.9 Å². The number of imidazole rings is 1. The van der Waals surface area contributed by atoms with Gasteiger partial charge in [0.25, 0.3) is 5.91 Å². The van der Waals surface area contributed by atoms with Gasteiger partial charge in [0.05, 0.1) is 16.4 Å². The fourth-order valence-corrected chi connectivity index (χ4v) is 7.52. The number of azide groups is 1. The molecule has 4 aliphatic carbocycles. The number of fused-ring (bicyclic) bond motifs is 1. The van der Waals surface area contributed by atoms with Crippen LogP contribution in [-0.4, -0.2) is 21.8 Å². The molecule has 9 heteroatoms. The molecule has 1 heterocycles. The van der Waals surface area contributed by atoms with Crippen LogP contribution in [0, 0.1) is 23.2 Å². The molecule has 0 radical (unpaired) electrons. The Bertz CT molecular complexity index is 1630. The first-order valence-electron chi connectivity index (χ1n) is 13.8. The van der Waals surface area contributed by atoms with Crippen LogP contribution in [0.4, 0.5) is 17.1 Å². The maximum atomic E-state index is 13.4. The second kappa shape index (κ2) is 9.54. The van der Waals surface area contributed by atoms with E-state index in [4.69, 9.17) is 10.5 Å². The summed E-state index contributed by atoms with van der Waals surface area (Å²) < 4.78 is 0. The van der Waals surface area contributed by atoms with Gasteiger partial charge in [-0.3, -0.25) is 9.59 Å². The third kappa shape index (κ3) is 4.48. The van der Waals surface area contributed by atoms with Crippen molar-refractivity contribution in [2.45, 2.75) is 38.5 Å². The number of aromatic amines is 1. The van der Waals surface area contributed by atoms with Crippen molar-refractivity contribution < 1.29 is 9.59 Å². The first kappa shape index (κ1) is 24.4. The van der Waals surface area contributed by atoms with Crippen molar-refractivity contribution in [3.8, 4) is 11.4 Å². The number of rotatable bonds is 6. The number of carbonyl (C=O) groups excluding carboxylic acids is 2. The molecule has 200 valence electrons. The van der Waals surface area contributed by atoms with Crippen LogP contribution in [-0.2, 0) is 4.79 Å². The SMILES string of the molecule is [N-]=[N+]=Nc1ccc(NC(=O)c2ccc3nc(-c4ccc(NC(=O)C56CC7CC(CC(C7)C5)C6)cc4)[nH]c3c2)cc1. The molecule has 1 aromatic heterocycles. The predicted octanol–water partition coefficient (Wildman–Crippen LogP) is 7.58. The highest BCUT2D eigenvalue weighted by Crippen LogP contribution is 2.60. The molecule has 4 fully saturated rings. The first-order valence-corrected chi connectivity index (χ1v) is 13.8. The van der Waals surface area contributed by atoms with Crippen LogP contribution in [0.15, 0.2) is 71.8 Å². The number of carbonyl (C=O) groups is 2. The minimum atomic E-state index is -0.256. The van der Waals surface area contributed by atoms with E-state index in [0.29, 0.717) is 22.8 Å². The molecule has 4 aliphatic rings. The zero-order chi connectivity index (χ0) is 27.3. The van der Waals surface area contributed by atoms with E-state index in [9.17, 15) is 9.59 Å². The average molecular weight is 532 g/mol. The number of H-pyrrole nitrogens is 1. The molecule has 3 N–H and O–H groups in total. The Balaban J connectivity index is 1.04. The lowest BCUT2D eigenvalue weighted by molar-refractivity contribution is -0.140. The minimum absolute atomic E-state index is 0.175. The summed E-state index contributed by atoms with van der Waals surface area (Å²) in [7, 11) is 0. The largest absolute Gasteiger partial charge is 0.338 e. The minimum Gasteiger partial charge on any atom is -0.338 e. The van der Waals surface area contributed by atoms with Gasteiger partial charge in [-0.1, -0.05) is 17.2 Å². The maximum absolute atomic E-state index is 13.4. The van der Waals surface area contributed by atoms with Crippen molar-refractivity contribution in [2.24, 2.45) is 28.3 Å². The van der Waals surface area contributed by atoms with Gasteiger partial charge in [-0.2, -0.15) is 0 Å². The standard InChI is InChI=1S/C31H29N7O2/c32-38-37-25-8-6-23(7-9-25)33-29(39)22-3-10-26-27(14-22)36-28(35-26)21-1-4-24(5-2-21)34-30(40)31-15-18-11-19(16-31)13-20(12-18)17-31/h1-10,14,18-20H,11-13,15-17H2,(H,33,39)(H,34,40)(H,35,36). The molecule has 2 amide bonds. The van der Waals surface area contributed by atoms with Crippen LogP contribution < -0.4 is 10.6 Å². The number of amides is 2. The summed E-state index contributed by atoms with van der Waals surface area (Å²) in [5.41, 5.74) is 13.1. The van der Waals surface area contributed by atoms with Gasteiger partial charge in [-0.15, -0.1) is 0 Å². The van der Waals surface area contributed by atoms with Crippen LogP contribution in [0.3, 0.4) is 0 Å². The van der Waals surface area contributed by atoms with Gasteiger partial charge >= 0.3 is 0 Å². The topological polar surface area (TPSA) is 136 Å². The second-order valence-electron chi connectivity index (χ2n) is 11.7. The molecule has 0 unspecified atom stereocenters. The van der Waals surface area contributed by atoms with E-state index in [0.717, 1.165) is 59.3 Å². The van der Waals surface area contributed by atoms with E-state index in [1.54, 1.807) is 36.4 Å². The Hall–Kier alpha value is -4.62. The Morgan fingerprint density at radius 3 is 2.15 bits per heavy atom. The van der Waals surface area contributed by atoms with Gasteiger partial charge in [-0.05, 0) is 116 Å². The van der Waals surface area contributed by atoms with Gasteiger partial charge < -0.3 is 15.6 Å². The van der Waals surface area contributed by atoms with Gasteiger partial charge in [0.15, 0.2) is 0 Å². The van der Waals surface area contributed by atoms with Crippen molar-refractivity contribution >= 4 is 39.9 Å². The summed E-state index contributed by atoms with van der Waals surface area (Å²) in [6.45, 7) is 0. The van der Waals surface area contributed by atoms with Crippen molar-refractivity contribution in [3.05, 3.63) is 82.7 Å². The van der Waals surface area contributed by atoms with Crippen LogP contribution >= 0.6 is 0 Å². The number of anilines is 2. The molecular formula is C31H29N7O2. The summed E-state index contributed by atoms with van der Waals surface area (Å²) in [5.74, 6) is 2.83. The number of hydrogen-bond acceptors (Lipinski definition) is 4. The molecule has 4 aromatic rings. The van der Waals surface area contributed by atoms with E-state index in [1.807, 2.05) is 30.3 Å². The molecular weight excluding hydrogens is 502 g/mol. The maximum Gasteiger partial charge on any atom is 0.255 e. The lowest BCUT2D eigenvalue weighted by atomic mass is 9.49. The molecule has 0 saturated heterocycles. The summed E-state index contributed by atoms with van der Waals surface area (Å²) in [4.78, 5) is 37.0. The van der Waals surface area contributed by atoms with Gasteiger partial charge in [-0.25, -0.2) is 4.98 Å². The van der Waals surface area contributed by atoms with E-state index in [1.165, 1.54) is 19.3 Å². The summed E-state index contributed by atoms with van der Waals surface area (Å²) >= 11 is 0. The number of nitrogens with zero attached hydrogens (tertiary/aromatic N) is 4. The lowest BCUT2D eigenvalue weighted by Crippen LogP contribution is -2.51. The van der Waals surface area contributed by atoms with Gasteiger partial charge in [0, 0.05) is 33.1 Å². The molecule has 0 aliphatic heterocycles. The normalized spacial score (nSPS) is 24.4. The zero-order valence-electron chi connectivity index (χ0n) is 21.9. The zero-order valence-corrected chi connectivity index (χ0v) is 21.9. The van der Waals surface area contributed by atoms with Crippen LogP contribution in [0.2, 0.25) is 0 Å². The van der Waals surface area contributed by atoms with Gasteiger partial charge in [0.1, 0.15) is 5.82 Å². The first-order chi connectivity index (χ1) is 19.5. The number of nitrogens with one attached hydrogen (secondary N) is 3. The number of aromatic nitrogens is 2. The highest BCUT2D eigenvalue weighted by atomic mass is 16.2. The quantitative estimate of drug-likeness (QED) is 0.134.